The molecule has 3 heterocycles. The van der Waals surface area contributed by atoms with E-state index < -0.39 is 122 Å². The quantitative estimate of drug-likeness (QED) is 0.0542. The number of nitrogens with zero attached hydrogens (tertiary/aromatic N) is 1. The summed E-state index contributed by atoms with van der Waals surface area (Å²) >= 11 is 0. The lowest BCUT2D eigenvalue weighted by molar-refractivity contribution is -0.347. The molecule has 0 aromatic heterocycles. The van der Waals surface area contributed by atoms with Crippen LogP contribution >= 0.6 is 0 Å². The fourth-order valence-electron chi connectivity index (χ4n) is 9.03. The lowest BCUT2D eigenvalue weighted by Gasteiger charge is -2.50. The van der Waals surface area contributed by atoms with E-state index in [0.29, 0.717) is 0 Å². The number of esters is 6. The van der Waals surface area contributed by atoms with Crippen molar-refractivity contribution in [3.8, 4) is 0 Å². The monoisotopic (exact) mass is 1050 g/mol. The number of hydrogen-bond donors (Lipinski definition) is 0. The molecule has 77 heavy (non-hydrogen) atoms. The second kappa shape index (κ2) is 24.2. The van der Waals surface area contributed by atoms with Gasteiger partial charge in [-0.1, -0.05) is 103 Å². The Labute approximate surface area is 440 Å². The maximum atomic E-state index is 14.5. The lowest BCUT2D eigenvalue weighted by Crippen LogP contribution is -2.69. The van der Waals surface area contributed by atoms with Crippen LogP contribution in [0.2, 0.25) is 0 Å². The van der Waals surface area contributed by atoms with Gasteiger partial charge in [0, 0.05) is 14.0 Å². The molecule has 10 atom stereocenters. The van der Waals surface area contributed by atoms with E-state index in [-0.39, 0.29) is 38.9 Å². The summed E-state index contributed by atoms with van der Waals surface area (Å²) in [5.41, 5.74) is 0.204. The van der Waals surface area contributed by atoms with E-state index in [2.05, 4.69) is 0 Å². The second-order valence-electron chi connectivity index (χ2n) is 17.6. The predicted octanol–water partition coefficient (Wildman–Crippen LogP) is 6.46. The van der Waals surface area contributed by atoms with Crippen LogP contribution < -0.4 is 0 Å². The van der Waals surface area contributed by atoms with Gasteiger partial charge in [0.25, 0.3) is 11.8 Å². The fraction of sp³-hybridized carbons (Fsp3) is 0.241. The van der Waals surface area contributed by atoms with Crippen LogP contribution in [0, 0.1) is 0 Å². The minimum absolute atomic E-state index is 0.00634. The summed E-state index contributed by atoms with van der Waals surface area (Å²) in [6.07, 6.45) is -16.2. The Bertz CT molecular complexity index is 3050. The largest absolute Gasteiger partial charge is 0.463 e. The fourth-order valence-corrected chi connectivity index (χ4v) is 9.03. The van der Waals surface area contributed by atoms with E-state index in [0.717, 1.165) is 11.8 Å². The Morgan fingerprint density at radius 2 is 0.766 bits per heavy atom. The van der Waals surface area contributed by atoms with Crippen molar-refractivity contribution in [1.82, 2.24) is 4.90 Å². The normalized spacial score (nSPS) is 23.6. The van der Waals surface area contributed by atoms with Gasteiger partial charge in [0.1, 0.15) is 37.6 Å². The first-order valence-electron chi connectivity index (χ1n) is 24.3. The van der Waals surface area contributed by atoms with E-state index in [1.165, 1.54) is 79.9 Å². The number of hydrogen-bond acceptors (Lipinski definition) is 18. The van der Waals surface area contributed by atoms with Gasteiger partial charge in [-0.3, -0.25) is 19.3 Å². The van der Waals surface area contributed by atoms with E-state index in [1.807, 2.05) is 0 Å². The van der Waals surface area contributed by atoms with E-state index >= 15 is 0 Å². The molecule has 394 valence electrons. The summed E-state index contributed by atoms with van der Waals surface area (Å²) in [4.78, 5) is 114. The molecule has 19 heteroatoms. The van der Waals surface area contributed by atoms with Gasteiger partial charge in [0.2, 0.25) is 0 Å². The smallest absolute Gasteiger partial charge is 0.338 e. The van der Waals surface area contributed by atoms with Crippen LogP contribution in [0.3, 0.4) is 0 Å². The van der Waals surface area contributed by atoms with Crippen molar-refractivity contribution in [1.29, 1.82) is 0 Å². The number of amides is 2. The van der Waals surface area contributed by atoms with Gasteiger partial charge in [-0.25, -0.2) is 24.0 Å². The molecule has 0 N–H and O–H groups in total. The van der Waals surface area contributed by atoms with Crippen molar-refractivity contribution in [3.05, 3.63) is 215 Å². The summed E-state index contributed by atoms with van der Waals surface area (Å²) in [6.45, 7) is -0.279. The molecule has 6 aromatic rings. The maximum absolute atomic E-state index is 14.5. The molecule has 3 aliphatic rings. The Balaban J connectivity index is 1.21. The molecule has 2 fully saturated rings. The molecule has 0 aliphatic carbocycles. The minimum atomic E-state index is -2.06. The van der Waals surface area contributed by atoms with E-state index in [9.17, 15) is 38.4 Å². The number of benzene rings is 6. The van der Waals surface area contributed by atoms with Crippen molar-refractivity contribution in [3.63, 3.8) is 0 Å². The molecule has 19 nitrogen and oxygen atoms in total. The van der Waals surface area contributed by atoms with Crippen molar-refractivity contribution < 1.29 is 85.7 Å². The van der Waals surface area contributed by atoms with Crippen molar-refractivity contribution >= 4 is 47.6 Å². The number of methoxy groups -OCH3 is 1. The zero-order chi connectivity index (χ0) is 54.0. The number of ether oxygens (including phenoxy) is 10. The zero-order valence-corrected chi connectivity index (χ0v) is 41.2. The highest BCUT2D eigenvalue weighted by atomic mass is 16.8. The summed E-state index contributed by atoms with van der Waals surface area (Å²) in [5, 5.41) is 0. The Hall–Kier alpha value is -8.88. The van der Waals surface area contributed by atoms with Gasteiger partial charge in [-0.15, -0.1) is 0 Å². The standard InChI is InChI=1S/C58H49NO18/c1-34(60)69-32-42-45(47(74-54(65)37-24-12-5-13-25-37)44(57(68-2)71-42)59-50(61)40-30-18-19-31-41(40)51(59)62)77-58-49(76-56(67)39-28-16-7-17-29-39)48(75-55(66)38-26-14-6-15-27-38)46(73-53(64)36-22-10-4-11-23-36)43(72-58)33-70-52(63)35-20-8-3-9-21-35/h3-31,42-49,57-58H,32-33H2,1-2H3/t42-,43-,44+,45-,46+,47-,48+,49-,57+,58+/m1/s1. The van der Waals surface area contributed by atoms with Gasteiger partial charge in [0.05, 0.1) is 38.9 Å². The van der Waals surface area contributed by atoms with Gasteiger partial charge in [0.15, 0.2) is 37.0 Å². The molecule has 0 bridgehead atoms. The molecule has 3 aliphatic heterocycles. The third-order valence-corrected chi connectivity index (χ3v) is 12.7. The lowest BCUT2D eigenvalue weighted by atomic mass is 9.93. The third-order valence-electron chi connectivity index (χ3n) is 12.7. The van der Waals surface area contributed by atoms with Crippen LogP contribution in [0.25, 0.3) is 0 Å². The van der Waals surface area contributed by atoms with Crippen molar-refractivity contribution in [2.75, 3.05) is 20.3 Å². The second-order valence-corrected chi connectivity index (χ2v) is 17.6. The summed E-state index contributed by atoms with van der Waals surface area (Å²) in [6, 6.07) is 43.0. The summed E-state index contributed by atoms with van der Waals surface area (Å²) in [7, 11) is 1.21. The first kappa shape index (κ1) is 53.0. The van der Waals surface area contributed by atoms with Gasteiger partial charge in [-0.2, -0.15) is 0 Å². The van der Waals surface area contributed by atoms with Crippen LogP contribution in [0.15, 0.2) is 176 Å². The first-order valence-corrected chi connectivity index (χ1v) is 24.3. The Morgan fingerprint density at radius 1 is 0.416 bits per heavy atom. The average Bonchev–Trinajstić information content (AvgIpc) is 3.72. The highest BCUT2D eigenvalue weighted by Gasteiger charge is 2.60. The molecule has 0 spiro atoms. The molecule has 2 amide bonds. The predicted molar refractivity (Wildman–Crippen MR) is 266 cm³/mol. The molecule has 2 saturated heterocycles. The summed E-state index contributed by atoms with van der Waals surface area (Å²) < 4.78 is 62.2. The molecular formula is C58H49NO18. The average molecular weight is 1050 g/mol. The maximum Gasteiger partial charge on any atom is 0.338 e. The molecule has 0 radical (unpaired) electrons. The van der Waals surface area contributed by atoms with Crippen LogP contribution in [0.5, 0.6) is 0 Å². The van der Waals surface area contributed by atoms with Crippen LogP contribution in [-0.2, 0) is 52.2 Å². The Morgan fingerprint density at radius 3 is 1.19 bits per heavy atom. The molecular weight excluding hydrogens is 999 g/mol. The van der Waals surface area contributed by atoms with Crippen LogP contribution in [0.1, 0.15) is 79.4 Å². The molecule has 9 rings (SSSR count). The van der Waals surface area contributed by atoms with Gasteiger partial charge >= 0.3 is 35.8 Å². The van der Waals surface area contributed by atoms with Crippen LogP contribution in [0.4, 0.5) is 0 Å². The molecule has 0 saturated carbocycles. The van der Waals surface area contributed by atoms with Crippen molar-refractivity contribution in [2.45, 2.75) is 68.3 Å². The number of carbonyl (C=O) groups excluding carboxylic acids is 8. The molecule has 6 aromatic carbocycles. The van der Waals surface area contributed by atoms with Crippen molar-refractivity contribution in [2.24, 2.45) is 0 Å². The third kappa shape index (κ3) is 12.0. The number of fused-ring (bicyclic) bond motifs is 1. The number of carbonyl (C=O) groups is 8. The highest BCUT2D eigenvalue weighted by Crippen LogP contribution is 2.39. The van der Waals surface area contributed by atoms with E-state index in [1.54, 1.807) is 103 Å². The van der Waals surface area contributed by atoms with Gasteiger partial charge in [-0.05, 0) is 72.8 Å². The molecule has 0 unspecified atom stereocenters. The Kier molecular flexibility index (Phi) is 16.6. The first-order chi connectivity index (χ1) is 37.4. The SMILES string of the molecule is CO[C@H]1O[C@H](COC(C)=O)[C@@H](O[C@@H]2O[C@H](COC(=O)c3ccccc3)[C@H](OC(=O)c3ccccc3)[C@H](OC(=O)c3ccccc3)[C@H]2OC(=O)c2ccccc2)[C@H](OC(=O)c2ccccc2)[C@@H]1N1C(=O)c2ccccc2C1=O. The minimum Gasteiger partial charge on any atom is -0.463 e. The topological polar surface area (TPSA) is 232 Å². The highest BCUT2D eigenvalue weighted by molar-refractivity contribution is 6.21. The zero-order valence-electron chi connectivity index (χ0n) is 41.2. The summed E-state index contributed by atoms with van der Waals surface area (Å²) in [5.74, 6) is -7.26. The van der Waals surface area contributed by atoms with Gasteiger partial charge < -0.3 is 47.4 Å². The number of rotatable bonds is 17. The van der Waals surface area contributed by atoms with Crippen LogP contribution in [-0.4, -0.2) is 134 Å². The number of imide groups is 1. The van der Waals surface area contributed by atoms with E-state index in [4.69, 9.17) is 47.4 Å².